The molecule has 0 unspecified atom stereocenters. The first kappa shape index (κ1) is 15.2. The second-order valence-electron chi connectivity index (χ2n) is 4.28. The third-order valence-corrected chi connectivity index (χ3v) is 5.30. The van der Waals surface area contributed by atoms with Crippen molar-refractivity contribution in [2.24, 2.45) is 0 Å². The summed E-state index contributed by atoms with van der Waals surface area (Å²) in [6.07, 6.45) is 0. The summed E-state index contributed by atoms with van der Waals surface area (Å²) in [4.78, 5) is 0.0502. The summed E-state index contributed by atoms with van der Waals surface area (Å²) < 4.78 is 27.7. The first-order valence-corrected chi connectivity index (χ1v) is 8.29. The van der Waals surface area contributed by atoms with Crippen LogP contribution < -0.4 is 10.5 Å². The molecule has 0 bridgehead atoms. The predicted octanol–water partition coefficient (Wildman–Crippen LogP) is 3.79. The molecule has 0 atom stereocenters. The minimum atomic E-state index is -3.73. The molecular formula is C13H12BrClN2O2S. The Morgan fingerprint density at radius 1 is 1.20 bits per heavy atom. The maximum atomic E-state index is 12.3. The van der Waals surface area contributed by atoms with Crippen LogP contribution in [0.3, 0.4) is 0 Å². The Morgan fingerprint density at radius 3 is 2.50 bits per heavy atom. The molecule has 0 radical (unpaired) electrons. The molecule has 2 aromatic rings. The summed E-state index contributed by atoms with van der Waals surface area (Å²) >= 11 is 9.11. The van der Waals surface area contributed by atoms with Crippen LogP contribution in [-0.2, 0) is 10.0 Å². The molecule has 2 rings (SSSR count). The topological polar surface area (TPSA) is 72.2 Å². The number of aryl methyl sites for hydroxylation is 1. The molecule has 106 valence electrons. The molecule has 0 saturated heterocycles. The summed E-state index contributed by atoms with van der Waals surface area (Å²) in [6, 6.07) is 9.56. The van der Waals surface area contributed by atoms with Crippen LogP contribution in [0.4, 0.5) is 11.4 Å². The minimum Gasteiger partial charge on any atom is -0.398 e. The van der Waals surface area contributed by atoms with Crippen molar-refractivity contribution in [2.75, 3.05) is 10.5 Å². The van der Waals surface area contributed by atoms with Gasteiger partial charge in [0.25, 0.3) is 10.0 Å². The average molecular weight is 376 g/mol. The van der Waals surface area contributed by atoms with Crippen molar-refractivity contribution in [1.29, 1.82) is 0 Å². The monoisotopic (exact) mass is 374 g/mol. The molecule has 0 aliphatic rings. The minimum absolute atomic E-state index is 0.0502. The van der Waals surface area contributed by atoms with Crippen LogP contribution in [0.25, 0.3) is 0 Å². The largest absolute Gasteiger partial charge is 0.398 e. The van der Waals surface area contributed by atoms with Crippen LogP contribution in [-0.4, -0.2) is 8.42 Å². The van der Waals surface area contributed by atoms with Gasteiger partial charge >= 0.3 is 0 Å². The number of halogens is 2. The van der Waals surface area contributed by atoms with Gasteiger partial charge in [0.15, 0.2) is 0 Å². The molecule has 3 N–H and O–H groups in total. The normalized spacial score (nSPS) is 11.3. The SMILES string of the molecule is Cc1ccc(S(=O)(=O)Nc2ccc(Cl)c(Br)c2)c(N)c1. The zero-order valence-corrected chi connectivity index (χ0v) is 13.7. The highest BCUT2D eigenvalue weighted by atomic mass is 79.9. The molecule has 0 aromatic heterocycles. The predicted molar refractivity (Wildman–Crippen MR) is 85.6 cm³/mol. The van der Waals surface area contributed by atoms with Crippen LogP contribution in [0.15, 0.2) is 45.8 Å². The molecule has 4 nitrogen and oxygen atoms in total. The molecular weight excluding hydrogens is 364 g/mol. The second-order valence-corrected chi connectivity index (χ2v) is 7.19. The zero-order valence-electron chi connectivity index (χ0n) is 10.5. The molecule has 0 spiro atoms. The van der Waals surface area contributed by atoms with Crippen LogP contribution in [0.1, 0.15) is 5.56 Å². The Labute approximate surface area is 131 Å². The van der Waals surface area contributed by atoms with Crippen LogP contribution in [0, 0.1) is 6.92 Å². The van der Waals surface area contributed by atoms with Gasteiger partial charge in [0.2, 0.25) is 0 Å². The highest BCUT2D eigenvalue weighted by Crippen LogP contribution is 2.28. The zero-order chi connectivity index (χ0) is 14.9. The van der Waals surface area contributed by atoms with E-state index in [-0.39, 0.29) is 10.6 Å². The van der Waals surface area contributed by atoms with Gasteiger partial charge in [-0.15, -0.1) is 0 Å². The van der Waals surface area contributed by atoms with Gasteiger partial charge in [-0.2, -0.15) is 0 Å². The van der Waals surface area contributed by atoms with E-state index in [0.29, 0.717) is 15.2 Å². The summed E-state index contributed by atoms with van der Waals surface area (Å²) in [5.74, 6) is 0. The number of hydrogen-bond acceptors (Lipinski definition) is 3. The van der Waals surface area contributed by atoms with E-state index >= 15 is 0 Å². The van der Waals surface area contributed by atoms with E-state index in [1.165, 1.54) is 6.07 Å². The third-order valence-electron chi connectivity index (χ3n) is 2.63. The second kappa shape index (κ2) is 5.63. The Balaban J connectivity index is 2.38. The first-order valence-electron chi connectivity index (χ1n) is 5.63. The molecule has 0 aliphatic carbocycles. The first-order chi connectivity index (χ1) is 9.29. The number of hydrogen-bond donors (Lipinski definition) is 2. The molecule has 0 amide bonds. The number of anilines is 2. The third kappa shape index (κ3) is 3.26. The van der Waals surface area contributed by atoms with E-state index in [9.17, 15) is 8.42 Å². The smallest absolute Gasteiger partial charge is 0.263 e. The highest BCUT2D eigenvalue weighted by Gasteiger charge is 2.17. The van der Waals surface area contributed by atoms with Crippen molar-refractivity contribution in [2.45, 2.75) is 11.8 Å². The van der Waals surface area contributed by atoms with Crippen molar-refractivity contribution in [3.05, 3.63) is 51.5 Å². The number of rotatable bonds is 3. The van der Waals surface area contributed by atoms with E-state index in [4.69, 9.17) is 17.3 Å². The summed E-state index contributed by atoms with van der Waals surface area (Å²) in [6.45, 7) is 1.84. The average Bonchev–Trinajstić information content (AvgIpc) is 2.33. The lowest BCUT2D eigenvalue weighted by molar-refractivity contribution is 0.601. The van der Waals surface area contributed by atoms with Gasteiger partial charge in [0.1, 0.15) is 4.90 Å². The molecule has 0 fully saturated rings. The summed E-state index contributed by atoms with van der Waals surface area (Å²) in [5, 5.41) is 0.503. The molecule has 0 aliphatic heterocycles. The highest BCUT2D eigenvalue weighted by molar-refractivity contribution is 9.10. The number of nitrogens with one attached hydrogen (secondary N) is 1. The Hall–Kier alpha value is -1.24. The van der Waals surface area contributed by atoms with E-state index in [0.717, 1.165) is 5.56 Å². The quantitative estimate of drug-likeness (QED) is 0.802. The van der Waals surface area contributed by atoms with Crippen molar-refractivity contribution in [1.82, 2.24) is 0 Å². The summed E-state index contributed by atoms with van der Waals surface area (Å²) in [7, 11) is -3.73. The lowest BCUT2D eigenvalue weighted by Gasteiger charge is -2.11. The van der Waals surface area contributed by atoms with Crippen molar-refractivity contribution in [3.8, 4) is 0 Å². The van der Waals surface area contributed by atoms with Gasteiger partial charge in [-0.3, -0.25) is 4.72 Å². The molecule has 20 heavy (non-hydrogen) atoms. The van der Waals surface area contributed by atoms with E-state index in [1.54, 1.807) is 30.3 Å². The Kier molecular flexibility index (Phi) is 4.27. The van der Waals surface area contributed by atoms with Crippen molar-refractivity contribution < 1.29 is 8.42 Å². The Bertz CT molecular complexity index is 763. The fraction of sp³-hybridized carbons (Fsp3) is 0.0769. The van der Waals surface area contributed by atoms with Gasteiger partial charge in [0, 0.05) is 4.47 Å². The van der Waals surface area contributed by atoms with Gasteiger partial charge in [-0.25, -0.2) is 8.42 Å². The number of benzene rings is 2. The fourth-order valence-electron chi connectivity index (χ4n) is 1.68. The number of sulfonamides is 1. The van der Waals surface area contributed by atoms with E-state index in [2.05, 4.69) is 20.7 Å². The molecule has 0 heterocycles. The van der Waals surface area contributed by atoms with Crippen LogP contribution in [0.5, 0.6) is 0 Å². The molecule has 0 saturated carbocycles. The van der Waals surface area contributed by atoms with Crippen molar-refractivity contribution in [3.63, 3.8) is 0 Å². The van der Waals surface area contributed by atoms with E-state index < -0.39 is 10.0 Å². The van der Waals surface area contributed by atoms with E-state index in [1.807, 2.05) is 6.92 Å². The number of nitrogen functional groups attached to an aromatic ring is 1. The lowest BCUT2D eigenvalue weighted by Crippen LogP contribution is -2.14. The maximum Gasteiger partial charge on any atom is 0.263 e. The van der Waals surface area contributed by atoms with Gasteiger partial charge in [-0.1, -0.05) is 17.7 Å². The van der Waals surface area contributed by atoms with Crippen LogP contribution in [0.2, 0.25) is 5.02 Å². The fourth-order valence-corrected chi connectivity index (χ4v) is 3.34. The van der Waals surface area contributed by atoms with Crippen LogP contribution >= 0.6 is 27.5 Å². The van der Waals surface area contributed by atoms with Gasteiger partial charge in [-0.05, 0) is 58.7 Å². The maximum absolute atomic E-state index is 12.3. The lowest BCUT2D eigenvalue weighted by atomic mass is 10.2. The van der Waals surface area contributed by atoms with Crippen molar-refractivity contribution >= 4 is 48.9 Å². The van der Waals surface area contributed by atoms with Gasteiger partial charge < -0.3 is 5.73 Å². The summed E-state index contributed by atoms with van der Waals surface area (Å²) in [5.41, 5.74) is 7.28. The number of nitrogens with two attached hydrogens (primary N) is 1. The molecule has 2 aromatic carbocycles. The standard InChI is InChI=1S/C13H12BrClN2O2S/c1-8-2-5-13(12(16)6-8)20(18,19)17-9-3-4-11(15)10(14)7-9/h2-7,17H,16H2,1H3. The Morgan fingerprint density at radius 2 is 1.90 bits per heavy atom. The molecule has 7 heteroatoms. The van der Waals surface area contributed by atoms with Gasteiger partial charge in [0.05, 0.1) is 16.4 Å².